The molecule has 0 aromatic carbocycles. The molecule has 9 N–H and O–H groups in total. The highest BCUT2D eigenvalue weighted by Crippen LogP contribution is 2.10. The zero-order valence-corrected chi connectivity index (χ0v) is 19.1. The molecule has 0 aliphatic carbocycles. The number of nitrogens with zero attached hydrogens (tertiary/aromatic N) is 1. The Morgan fingerprint density at radius 3 is 2.09 bits per heavy atom. The molecule has 6 unspecified atom stereocenters. The first kappa shape index (κ1) is 28.5. The molecule has 190 valence electrons. The van der Waals surface area contributed by atoms with E-state index in [0.29, 0.717) is 12.1 Å². The van der Waals surface area contributed by atoms with Crippen LogP contribution in [0, 0.1) is 5.92 Å². The van der Waals surface area contributed by atoms with Gasteiger partial charge in [-0.3, -0.25) is 19.2 Å². The molecule has 3 amide bonds. The van der Waals surface area contributed by atoms with E-state index in [1.807, 2.05) is 5.32 Å². The van der Waals surface area contributed by atoms with E-state index < -0.39 is 66.4 Å². The molecule has 0 aliphatic heterocycles. The Balaban J connectivity index is 2.94. The number of aliphatic hydroxyl groups is 1. The fourth-order valence-corrected chi connectivity index (χ4v) is 2.97. The summed E-state index contributed by atoms with van der Waals surface area (Å²) in [6.45, 7) is 4.66. The van der Waals surface area contributed by atoms with Gasteiger partial charge in [-0.25, -0.2) is 9.78 Å². The largest absolute Gasteiger partial charge is 0.481 e. The number of aliphatic hydroxyl groups excluding tert-OH is 1. The van der Waals surface area contributed by atoms with E-state index in [9.17, 15) is 29.1 Å². The number of carbonyl (C=O) groups is 5. The van der Waals surface area contributed by atoms with Crippen LogP contribution in [0.4, 0.5) is 0 Å². The van der Waals surface area contributed by atoms with Gasteiger partial charge in [-0.2, -0.15) is 0 Å². The second-order valence-corrected chi connectivity index (χ2v) is 7.98. The number of nitrogens with one attached hydrogen (secondary N) is 4. The molecule has 0 spiro atoms. The molecule has 0 saturated carbocycles. The molecule has 0 radical (unpaired) electrons. The number of carboxylic acids is 2. The van der Waals surface area contributed by atoms with Crippen molar-refractivity contribution in [3.05, 3.63) is 18.2 Å². The summed E-state index contributed by atoms with van der Waals surface area (Å²) in [6, 6.07) is -5.49. The molecular formula is C20H32N6O8. The maximum Gasteiger partial charge on any atom is 0.326 e. The smallest absolute Gasteiger partial charge is 0.326 e. The van der Waals surface area contributed by atoms with Gasteiger partial charge in [0.25, 0.3) is 0 Å². The summed E-state index contributed by atoms with van der Waals surface area (Å²) >= 11 is 0. The minimum atomic E-state index is -1.77. The summed E-state index contributed by atoms with van der Waals surface area (Å²) in [5.74, 6) is -5.97. The van der Waals surface area contributed by atoms with Crippen molar-refractivity contribution in [1.82, 2.24) is 25.9 Å². The van der Waals surface area contributed by atoms with Gasteiger partial charge >= 0.3 is 11.9 Å². The van der Waals surface area contributed by atoms with Crippen LogP contribution in [0.5, 0.6) is 0 Å². The summed E-state index contributed by atoms with van der Waals surface area (Å²) < 4.78 is 0. The number of amides is 3. The van der Waals surface area contributed by atoms with Gasteiger partial charge in [0, 0.05) is 18.3 Å². The van der Waals surface area contributed by atoms with E-state index >= 15 is 0 Å². The second kappa shape index (κ2) is 13.3. The van der Waals surface area contributed by atoms with Gasteiger partial charge in [0.1, 0.15) is 18.1 Å². The van der Waals surface area contributed by atoms with Crippen molar-refractivity contribution in [2.24, 2.45) is 11.7 Å². The first-order valence-corrected chi connectivity index (χ1v) is 10.6. The molecule has 1 heterocycles. The van der Waals surface area contributed by atoms with Crippen LogP contribution in [0.2, 0.25) is 0 Å². The Kier molecular flexibility index (Phi) is 11.1. The van der Waals surface area contributed by atoms with E-state index in [1.54, 1.807) is 13.8 Å². The Hall–Kier alpha value is -3.52. The van der Waals surface area contributed by atoms with Crippen molar-refractivity contribution < 1.29 is 39.3 Å². The molecule has 14 nitrogen and oxygen atoms in total. The van der Waals surface area contributed by atoms with Crippen LogP contribution in [0.1, 0.15) is 39.3 Å². The van der Waals surface area contributed by atoms with Crippen molar-refractivity contribution in [1.29, 1.82) is 0 Å². The monoisotopic (exact) mass is 484 g/mol. The molecule has 14 heteroatoms. The standard InChI is InChI=1S/C20H32N6O8/c1-4-9(2)15(25-17(30)12(21)5-11-7-22-8-23-11)18(31)26-16(10(3)27)19(32)24-13(20(33)34)6-14(28)29/h7-10,12-13,15-16,27H,4-6,21H2,1-3H3,(H,22,23)(H,24,32)(H,25,30)(H,26,31)(H,28,29)(H,33,34). The third-order valence-electron chi connectivity index (χ3n) is 5.18. The third kappa shape index (κ3) is 8.78. The van der Waals surface area contributed by atoms with Crippen molar-refractivity contribution in [2.75, 3.05) is 0 Å². The van der Waals surface area contributed by atoms with Gasteiger partial charge in [-0.05, 0) is 12.8 Å². The van der Waals surface area contributed by atoms with Gasteiger partial charge < -0.3 is 42.0 Å². The number of aromatic amines is 1. The van der Waals surface area contributed by atoms with E-state index in [0.717, 1.165) is 0 Å². The van der Waals surface area contributed by atoms with Crippen molar-refractivity contribution in [2.45, 2.75) is 70.3 Å². The van der Waals surface area contributed by atoms with Crippen LogP contribution in [-0.4, -0.2) is 85.2 Å². The molecule has 0 saturated heterocycles. The Bertz CT molecular complexity index is 859. The molecule has 1 aromatic rings. The molecular weight excluding hydrogens is 452 g/mol. The number of carboxylic acid groups (broad SMARTS) is 2. The normalized spacial score (nSPS) is 16.3. The number of nitrogens with two attached hydrogens (primary N) is 1. The third-order valence-corrected chi connectivity index (χ3v) is 5.18. The zero-order valence-electron chi connectivity index (χ0n) is 19.1. The van der Waals surface area contributed by atoms with Crippen LogP contribution in [0.15, 0.2) is 12.5 Å². The second-order valence-electron chi connectivity index (χ2n) is 7.98. The highest BCUT2D eigenvalue weighted by atomic mass is 16.4. The molecule has 0 aliphatic rings. The molecule has 1 aromatic heterocycles. The van der Waals surface area contributed by atoms with Gasteiger partial charge in [0.15, 0.2) is 0 Å². The summed E-state index contributed by atoms with van der Waals surface area (Å²) in [7, 11) is 0. The Morgan fingerprint density at radius 2 is 1.62 bits per heavy atom. The number of rotatable bonds is 14. The average Bonchev–Trinajstić information content (AvgIpc) is 3.26. The van der Waals surface area contributed by atoms with Crippen LogP contribution >= 0.6 is 0 Å². The zero-order chi connectivity index (χ0) is 26.0. The van der Waals surface area contributed by atoms with Gasteiger partial charge in [0.2, 0.25) is 17.7 Å². The number of H-pyrrole nitrogens is 1. The van der Waals surface area contributed by atoms with Gasteiger partial charge in [-0.1, -0.05) is 20.3 Å². The van der Waals surface area contributed by atoms with Crippen molar-refractivity contribution >= 4 is 29.7 Å². The fourth-order valence-electron chi connectivity index (χ4n) is 2.97. The van der Waals surface area contributed by atoms with Gasteiger partial charge in [0.05, 0.1) is 24.9 Å². The van der Waals surface area contributed by atoms with E-state index in [-0.39, 0.29) is 12.3 Å². The average molecular weight is 485 g/mol. The van der Waals surface area contributed by atoms with Gasteiger partial charge in [-0.15, -0.1) is 0 Å². The predicted octanol–water partition coefficient (Wildman–Crippen LogP) is -2.28. The minimum Gasteiger partial charge on any atom is -0.481 e. The lowest BCUT2D eigenvalue weighted by atomic mass is 9.97. The molecule has 6 atom stereocenters. The molecule has 0 bridgehead atoms. The predicted molar refractivity (Wildman–Crippen MR) is 117 cm³/mol. The van der Waals surface area contributed by atoms with Crippen molar-refractivity contribution in [3.63, 3.8) is 0 Å². The minimum absolute atomic E-state index is 0.138. The van der Waals surface area contributed by atoms with E-state index in [4.69, 9.17) is 15.9 Å². The number of imidazole rings is 1. The molecule has 34 heavy (non-hydrogen) atoms. The summed E-state index contributed by atoms with van der Waals surface area (Å²) in [4.78, 5) is 66.8. The lowest BCUT2D eigenvalue weighted by Crippen LogP contribution is -2.61. The fraction of sp³-hybridized carbons (Fsp3) is 0.600. The maximum atomic E-state index is 13.0. The number of carbonyl (C=O) groups excluding carboxylic acids is 3. The van der Waals surface area contributed by atoms with Crippen LogP contribution in [0.25, 0.3) is 0 Å². The Labute approximate surface area is 195 Å². The highest BCUT2D eigenvalue weighted by Gasteiger charge is 2.34. The lowest BCUT2D eigenvalue weighted by molar-refractivity contribution is -0.148. The SMILES string of the molecule is CCC(C)C(NC(=O)C(N)Cc1cnc[nH]1)C(=O)NC(C(=O)NC(CC(=O)O)C(=O)O)C(C)O. The molecule has 1 rings (SSSR count). The summed E-state index contributed by atoms with van der Waals surface area (Å²) in [5, 5.41) is 34.8. The Morgan fingerprint density at radius 1 is 1.03 bits per heavy atom. The van der Waals surface area contributed by atoms with Crippen LogP contribution in [0.3, 0.4) is 0 Å². The lowest BCUT2D eigenvalue weighted by Gasteiger charge is -2.28. The first-order chi connectivity index (χ1) is 15.9. The summed E-state index contributed by atoms with van der Waals surface area (Å²) in [5.41, 5.74) is 6.54. The van der Waals surface area contributed by atoms with Crippen LogP contribution in [-0.2, 0) is 30.4 Å². The number of aromatic nitrogens is 2. The highest BCUT2D eigenvalue weighted by molar-refractivity contribution is 5.95. The summed E-state index contributed by atoms with van der Waals surface area (Å²) in [6.07, 6.45) is 1.19. The quantitative estimate of drug-likeness (QED) is 0.141. The van der Waals surface area contributed by atoms with E-state index in [2.05, 4.69) is 20.6 Å². The van der Waals surface area contributed by atoms with Crippen molar-refractivity contribution in [3.8, 4) is 0 Å². The maximum absolute atomic E-state index is 13.0. The topological polar surface area (TPSA) is 237 Å². The number of hydrogen-bond acceptors (Lipinski definition) is 8. The molecule has 0 fully saturated rings. The number of hydrogen-bond donors (Lipinski definition) is 8. The first-order valence-electron chi connectivity index (χ1n) is 10.6. The van der Waals surface area contributed by atoms with Crippen LogP contribution < -0.4 is 21.7 Å². The van der Waals surface area contributed by atoms with E-state index in [1.165, 1.54) is 19.4 Å². The number of aliphatic carboxylic acids is 2.